The molecule has 0 saturated heterocycles. The van der Waals surface area contributed by atoms with Crippen molar-refractivity contribution >= 4 is 23.0 Å². The number of benzene rings is 1. The Balaban J connectivity index is 2.12. The van der Waals surface area contributed by atoms with Gasteiger partial charge in [-0.25, -0.2) is 9.78 Å². The first-order chi connectivity index (χ1) is 9.20. The van der Waals surface area contributed by atoms with Crippen LogP contribution in [0.1, 0.15) is 19.4 Å². The minimum atomic E-state index is -0.793. The van der Waals surface area contributed by atoms with E-state index < -0.39 is 12.3 Å². The lowest BCUT2D eigenvalue weighted by atomic mass is 10.1. The fraction of sp³-hybridized carbons (Fsp3) is 0.385. The van der Waals surface area contributed by atoms with Crippen LogP contribution >= 0.6 is 0 Å². The quantitative estimate of drug-likeness (QED) is 0.796. The number of hydrogen-bond donors (Lipinski definition) is 2. The van der Waals surface area contributed by atoms with Crippen molar-refractivity contribution < 1.29 is 14.6 Å². The normalized spacial score (nSPS) is 21.8. The van der Waals surface area contributed by atoms with E-state index in [1.807, 2.05) is 24.3 Å². The highest BCUT2D eigenvalue weighted by atomic mass is 16.5. The third kappa shape index (κ3) is 1.94. The van der Waals surface area contributed by atoms with Gasteiger partial charge in [0.2, 0.25) is 5.95 Å². The second-order valence-corrected chi connectivity index (χ2v) is 4.46. The zero-order valence-corrected chi connectivity index (χ0v) is 10.5. The molecule has 0 spiro atoms. The van der Waals surface area contributed by atoms with E-state index >= 15 is 0 Å². The van der Waals surface area contributed by atoms with Crippen LogP contribution in [-0.4, -0.2) is 33.5 Å². The molecule has 0 radical (unpaired) electrons. The zero-order valence-electron chi connectivity index (χ0n) is 10.5. The Morgan fingerprint density at radius 1 is 1.58 bits per heavy atom. The average molecular weight is 261 g/mol. The number of nitrogens with zero attached hydrogens (tertiary/aromatic N) is 2. The van der Waals surface area contributed by atoms with Crippen molar-refractivity contribution in [1.29, 1.82) is 0 Å². The molecule has 0 fully saturated rings. The van der Waals surface area contributed by atoms with E-state index in [4.69, 9.17) is 4.74 Å². The highest BCUT2D eigenvalue weighted by Crippen LogP contribution is 2.32. The number of esters is 1. The number of rotatable bonds is 2. The predicted octanol–water partition coefficient (Wildman–Crippen LogP) is 1.27. The molecule has 2 aromatic rings. The van der Waals surface area contributed by atoms with E-state index in [-0.39, 0.29) is 12.4 Å². The largest absolute Gasteiger partial charge is 0.464 e. The van der Waals surface area contributed by atoms with Crippen LogP contribution in [0.5, 0.6) is 0 Å². The van der Waals surface area contributed by atoms with Gasteiger partial charge in [0.05, 0.1) is 17.6 Å². The predicted molar refractivity (Wildman–Crippen MR) is 69.6 cm³/mol. The van der Waals surface area contributed by atoms with Crippen molar-refractivity contribution in [2.24, 2.45) is 0 Å². The SMILES string of the molecule is CCOC(=O)[C@H]1C[C@@H](O)Nc2nc3ccccc3n21. The van der Waals surface area contributed by atoms with Gasteiger partial charge in [-0.2, -0.15) is 0 Å². The van der Waals surface area contributed by atoms with Crippen LogP contribution in [0.15, 0.2) is 24.3 Å². The number of nitrogens with one attached hydrogen (secondary N) is 1. The van der Waals surface area contributed by atoms with Gasteiger partial charge in [0.1, 0.15) is 12.3 Å². The van der Waals surface area contributed by atoms with E-state index in [0.29, 0.717) is 12.6 Å². The van der Waals surface area contributed by atoms with Crippen LogP contribution in [0, 0.1) is 0 Å². The lowest BCUT2D eigenvalue weighted by Gasteiger charge is -2.28. The molecule has 2 atom stereocenters. The number of aromatic nitrogens is 2. The number of ether oxygens (including phenoxy) is 1. The summed E-state index contributed by atoms with van der Waals surface area (Å²) >= 11 is 0. The first-order valence-corrected chi connectivity index (χ1v) is 6.29. The summed E-state index contributed by atoms with van der Waals surface area (Å²) in [4.78, 5) is 16.4. The van der Waals surface area contributed by atoms with Gasteiger partial charge in [0.15, 0.2) is 0 Å². The molecule has 0 amide bonds. The van der Waals surface area contributed by atoms with Gasteiger partial charge in [-0.3, -0.25) is 4.57 Å². The first kappa shape index (κ1) is 12.0. The smallest absolute Gasteiger partial charge is 0.329 e. The van der Waals surface area contributed by atoms with Crippen LogP contribution in [0.4, 0.5) is 5.95 Å². The van der Waals surface area contributed by atoms with Crippen molar-refractivity contribution in [3.63, 3.8) is 0 Å². The van der Waals surface area contributed by atoms with E-state index in [1.165, 1.54) is 0 Å². The van der Waals surface area contributed by atoms with Crippen LogP contribution in [0.25, 0.3) is 11.0 Å². The third-order valence-corrected chi connectivity index (χ3v) is 3.21. The molecule has 2 heterocycles. The van der Waals surface area contributed by atoms with Gasteiger partial charge >= 0.3 is 5.97 Å². The molecule has 0 saturated carbocycles. The monoisotopic (exact) mass is 261 g/mol. The van der Waals surface area contributed by atoms with Gasteiger partial charge in [-0.15, -0.1) is 0 Å². The summed E-state index contributed by atoms with van der Waals surface area (Å²) in [6, 6.07) is 7.01. The van der Waals surface area contributed by atoms with Crippen LogP contribution in [0.3, 0.4) is 0 Å². The van der Waals surface area contributed by atoms with Crippen molar-refractivity contribution in [3.8, 4) is 0 Å². The Hall–Kier alpha value is -2.08. The topological polar surface area (TPSA) is 76.4 Å². The maximum Gasteiger partial charge on any atom is 0.329 e. The summed E-state index contributed by atoms with van der Waals surface area (Å²) in [5.74, 6) is 0.158. The Morgan fingerprint density at radius 3 is 3.16 bits per heavy atom. The molecular formula is C13H15N3O3. The van der Waals surface area contributed by atoms with Crippen molar-refractivity contribution in [2.75, 3.05) is 11.9 Å². The molecule has 1 aliphatic heterocycles. The average Bonchev–Trinajstić information content (AvgIpc) is 2.75. The Morgan fingerprint density at radius 2 is 2.37 bits per heavy atom. The summed E-state index contributed by atoms with van der Waals surface area (Å²) in [6.45, 7) is 2.09. The van der Waals surface area contributed by atoms with Gasteiger partial charge in [-0.05, 0) is 19.1 Å². The van der Waals surface area contributed by atoms with Crippen molar-refractivity contribution in [1.82, 2.24) is 9.55 Å². The molecule has 0 unspecified atom stereocenters. The number of carbonyl (C=O) groups excluding carboxylic acids is 1. The number of anilines is 1. The third-order valence-electron chi connectivity index (χ3n) is 3.21. The number of aliphatic hydroxyl groups excluding tert-OH is 1. The van der Waals surface area contributed by atoms with E-state index in [2.05, 4.69) is 10.3 Å². The molecule has 19 heavy (non-hydrogen) atoms. The fourth-order valence-corrected chi connectivity index (χ4v) is 2.43. The summed E-state index contributed by atoms with van der Waals surface area (Å²) in [5.41, 5.74) is 1.64. The first-order valence-electron chi connectivity index (χ1n) is 6.29. The maximum atomic E-state index is 12.0. The molecule has 100 valence electrons. The number of fused-ring (bicyclic) bond motifs is 3. The minimum Gasteiger partial charge on any atom is -0.464 e. The molecule has 1 aromatic heterocycles. The summed E-state index contributed by atoms with van der Waals surface area (Å²) in [5, 5.41) is 12.7. The summed E-state index contributed by atoms with van der Waals surface area (Å²) < 4.78 is 6.87. The minimum absolute atomic E-state index is 0.270. The second kappa shape index (κ2) is 4.55. The van der Waals surface area contributed by atoms with Crippen LogP contribution < -0.4 is 5.32 Å². The van der Waals surface area contributed by atoms with E-state index in [1.54, 1.807) is 11.5 Å². The number of carbonyl (C=O) groups is 1. The molecule has 6 nitrogen and oxygen atoms in total. The van der Waals surface area contributed by atoms with Crippen molar-refractivity contribution in [3.05, 3.63) is 24.3 Å². The molecule has 6 heteroatoms. The fourth-order valence-electron chi connectivity index (χ4n) is 2.43. The van der Waals surface area contributed by atoms with E-state index in [0.717, 1.165) is 11.0 Å². The molecule has 3 rings (SSSR count). The number of para-hydroxylation sites is 2. The lowest BCUT2D eigenvalue weighted by Crippen LogP contribution is -2.36. The Labute approximate surface area is 110 Å². The second-order valence-electron chi connectivity index (χ2n) is 4.46. The van der Waals surface area contributed by atoms with Crippen LogP contribution in [0.2, 0.25) is 0 Å². The lowest BCUT2D eigenvalue weighted by molar-refractivity contribution is -0.148. The van der Waals surface area contributed by atoms with Gasteiger partial charge in [0.25, 0.3) is 0 Å². The van der Waals surface area contributed by atoms with Crippen molar-refractivity contribution in [2.45, 2.75) is 25.6 Å². The number of hydrogen-bond acceptors (Lipinski definition) is 5. The highest BCUT2D eigenvalue weighted by Gasteiger charge is 2.33. The number of aliphatic hydroxyl groups is 1. The summed E-state index contributed by atoms with van der Waals surface area (Å²) in [6.07, 6.45) is -0.523. The Bertz CT molecular complexity index is 623. The zero-order chi connectivity index (χ0) is 13.4. The highest BCUT2D eigenvalue weighted by molar-refractivity contribution is 5.84. The molecule has 0 aliphatic carbocycles. The standard InChI is InChI=1S/C13H15N3O3/c1-2-19-12(18)10-7-11(17)15-13-14-8-5-3-4-6-9(8)16(10)13/h3-6,10-11,17H,2,7H2,1H3,(H,14,15)/t10-,11-/m1/s1. The van der Waals surface area contributed by atoms with Gasteiger partial charge in [0, 0.05) is 6.42 Å². The summed E-state index contributed by atoms with van der Waals surface area (Å²) in [7, 11) is 0. The van der Waals surface area contributed by atoms with Gasteiger partial charge in [-0.1, -0.05) is 12.1 Å². The van der Waals surface area contributed by atoms with E-state index in [9.17, 15) is 9.90 Å². The molecule has 1 aliphatic rings. The van der Waals surface area contributed by atoms with Gasteiger partial charge < -0.3 is 15.2 Å². The molecular weight excluding hydrogens is 246 g/mol. The number of imidazole rings is 1. The maximum absolute atomic E-state index is 12.0. The molecule has 1 aromatic carbocycles. The molecule has 2 N–H and O–H groups in total. The Kier molecular flexibility index (Phi) is 2.87. The van der Waals surface area contributed by atoms with Crippen LogP contribution in [-0.2, 0) is 9.53 Å². The molecule has 0 bridgehead atoms.